The number of hydrogen-bond acceptors (Lipinski definition) is 4. The molecule has 0 aromatic heterocycles. The van der Waals surface area contributed by atoms with Crippen LogP contribution in [0.3, 0.4) is 0 Å². The summed E-state index contributed by atoms with van der Waals surface area (Å²) in [6.45, 7) is 4.19. The average molecular weight is 487 g/mol. The predicted octanol–water partition coefficient (Wildman–Crippen LogP) is 7.84. The van der Waals surface area contributed by atoms with Crippen LogP contribution in [-0.4, -0.2) is 11.8 Å². The normalized spacial score (nSPS) is 23.1. The third-order valence-electron chi connectivity index (χ3n) is 7.17. The molecule has 0 saturated heterocycles. The third-order valence-corrected chi connectivity index (χ3v) is 7.17. The molecule has 2 unspecified atom stereocenters. The minimum Gasteiger partial charge on any atom is -0.469 e. The second-order valence-electron chi connectivity index (χ2n) is 10.1. The van der Waals surface area contributed by atoms with Crippen LogP contribution in [0, 0.1) is 5.41 Å². The third kappa shape index (κ3) is 4.44. The highest BCUT2D eigenvalue weighted by Gasteiger charge is 2.47. The van der Waals surface area contributed by atoms with E-state index >= 15 is 0 Å². The molecule has 0 amide bonds. The predicted molar refractivity (Wildman–Crippen MR) is 148 cm³/mol. The van der Waals surface area contributed by atoms with Crippen LogP contribution in [0.15, 0.2) is 131 Å². The van der Waals surface area contributed by atoms with Crippen LogP contribution in [0.2, 0.25) is 0 Å². The van der Waals surface area contributed by atoms with Crippen molar-refractivity contribution in [3.05, 3.63) is 144 Å². The smallest absolute Gasteiger partial charge is 0.200 e. The van der Waals surface area contributed by atoms with Gasteiger partial charge in [-0.25, -0.2) is 9.98 Å². The molecular formula is C33H30N2O2. The van der Waals surface area contributed by atoms with Gasteiger partial charge in [0, 0.05) is 0 Å². The van der Waals surface area contributed by atoms with E-state index in [9.17, 15) is 0 Å². The molecule has 184 valence electrons. The molecule has 37 heavy (non-hydrogen) atoms. The second kappa shape index (κ2) is 9.70. The van der Waals surface area contributed by atoms with Crippen LogP contribution in [0.1, 0.15) is 60.4 Å². The van der Waals surface area contributed by atoms with Gasteiger partial charge in [0.25, 0.3) is 0 Å². The monoisotopic (exact) mass is 486 g/mol. The van der Waals surface area contributed by atoms with E-state index in [1.54, 1.807) is 0 Å². The van der Waals surface area contributed by atoms with E-state index in [0.29, 0.717) is 11.8 Å². The molecule has 0 bridgehead atoms. The first kappa shape index (κ1) is 23.2. The van der Waals surface area contributed by atoms with E-state index in [4.69, 9.17) is 19.5 Å². The summed E-state index contributed by atoms with van der Waals surface area (Å²) in [4.78, 5) is 10.3. The van der Waals surface area contributed by atoms with Gasteiger partial charge in [0.2, 0.25) is 0 Å². The van der Waals surface area contributed by atoms with Crippen molar-refractivity contribution in [1.82, 2.24) is 0 Å². The molecule has 0 radical (unpaired) electrons. The maximum absolute atomic E-state index is 6.66. The van der Waals surface area contributed by atoms with Crippen LogP contribution >= 0.6 is 0 Å². The van der Waals surface area contributed by atoms with Gasteiger partial charge in [-0.15, -0.1) is 0 Å². The van der Waals surface area contributed by atoms with Crippen LogP contribution in [-0.2, 0) is 9.47 Å². The molecule has 2 heterocycles. The molecule has 0 spiro atoms. The second-order valence-corrected chi connectivity index (χ2v) is 10.1. The number of benzene rings is 4. The Hall–Kier alpha value is -4.18. The minimum atomic E-state index is -0.646. The zero-order valence-electron chi connectivity index (χ0n) is 21.1. The summed E-state index contributed by atoms with van der Waals surface area (Å²) in [6, 6.07) is 41.1. The summed E-state index contributed by atoms with van der Waals surface area (Å²) >= 11 is 0. The first-order valence-electron chi connectivity index (χ1n) is 12.8. The molecule has 0 fully saturated rings. The van der Waals surface area contributed by atoms with Gasteiger partial charge >= 0.3 is 0 Å². The highest BCUT2D eigenvalue weighted by Crippen LogP contribution is 2.47. The van der Waals surface area contributed by atoms with E-state index in [0.717, 1.165) is 22.3 Å². The topological polar surface area (TPSA) is 43.2 Å². The number of rotatable bonds is 6. The summed E-state index contributed by atoms with van der Waals surface area (Å²) in [5.41, 5.74) is 3.81. The Morgan fingerprint density at radius 3 is 1.08 bits per heavy atom. The molecule has 0 aliphatic carbocycles. The van der Waals surface area contributed by atoms with Crippen molar-refractivity contribution >= 4 is 11.8 Å². The Morgan fingerprint density at radius 2 is 0.757 bits per heavy atom. The Balaban J connectivity index is 1.37. The maximum atomic E-state index is 6.66. The zero-order valence-corrected chi connectivity index (χ0v) is 21.1. The van der Waals surface area contributed by atoms with Gasteiger partial charge in [0.15, 0.2) is 24.0 Å². The highest BCUT2D eigenvalue weighted by molar-refractivity contribution is 6.05. The van der Waals surface area contributed by atoms with Crippen molar-refractivity contribution in [2.75, 3.05) is 0 Å². The van der Waals surface area contributed by atoms with Crippen molar-refractivity contribution in [3.8, 4) is 0 Å². The maximum Gasteiger partial charge on any atom is 0.200 e. The first-order chi connectivity index (χ1) is 18.1. The fourth-order valence-electron chi connectivity index (χ4n) is 5.11. The van der Waals surface area contributed by atoms with Crippen LogP contribution in [0.4, 0.5) is 0 Å². The van der Waals surface area contributed by atoms with Crippen molar-refractivity contribution in [3.63, 3.8) is 0 Å². The molecular weight excluding hydrogens is 456 g/mol. The Morgan fingerprint density at radius 1 is 0.459 bits per heavy atom. The van der Waals surface area contributed by atoms with E-state index in [2.05, 4.69) is 86.6 Å². The molecule has 2 aliphatic heterocycles. The molecule has 4 aromatic carbocycles. The van der Waals surface area contributed by atoms with Crippen LogP contribution in [0.5, 0.6) is 0 Å². The van der Waals surface area contributed by atoms with Crippen molar-refractivity contribution in [2.45, 2.75) is 38.1 Å². The molecule has 2 aliphatic rings. The Kier molecular flexibility index (Phi) is 6.09. The van der Waals surface area contributed by atoms with E-state index in [1.807, 2.05) is 48.5 Å². The van der Waals surface area contributed by atoms with E-state index in [-0.39, 0.29) is 24.3 Å². The molecule has 0 saturated carbocycles. The average Bonchev–Trinajstić information content (AvgIpc) is 3.62. The van der Waals surface area contributed by atoms with Crippen LogP contribution in [0.25, 0.3) is 0 Å². The van der Waals surface area contributed by atoms with Gasteiger partial charge in [-0.3, -0.25) is 0 Å². The molecule has 4 aromatic rings. The molecule has 4 atom stereocenters. The quantitative estimate of drug-likeness (QED) is 0.279. The number of hydrogen-bond donors (Lipinski definition) is 0. The summed E-state index contributed by atoms with van der Waals surface area (Å²) in [7, 11) is 0. The Bertz CT molecular complexity index is 1290. The Labute approximate surface area is 218 Å². The number of aliphatic imine (C=N–C) groups is 2. The fourth-order valence-corrected chi connectivity index (χ4v) is 5.11. The SMILES string of the molecule is CC(C)(C1=NC(c2ccccc2)C(c2ccccc2)O1)C1=N[C@H](c2ccccc2)[C@H](c2ccccc2)O1. The van der Waals surface area contributed by atoms with Gasteiger partial charge < -0.3 is 9.47 Å². The van der Waals surface area contributed by atoms with Crippen LogP contribution < -0.4 is 0 Å². The summed E-state index contributed by atoms with van der Waals surface area (Å²) < 4.78 is 13.3. The molecule has 0 N–H and O–H groups in total. The van der Waals surface area contributed by atoms with Gasteiger partial charge in [-0.05, 0) is 36.1 Å². The lowest BCUT2D eigenvalue weighted by atomic mass is 9.93. The van der Waals surface area contributed by atoms with Crippen molar-refractivity contribution in [2.24, 2.45) is 15.4 Å². The van der Waals surface area contributed by atoms with Gasteiger partial charge in [-0.1, -0.05) is 121 Å². The molecule has 4 nitrogen and oxygen atoms in total. The highest BCUT2D eigenvalue weighted by atomic mass is 16.5. The lowest BCUT2D eigenvalue weighted by Gasteiger charge is -2.26. The summed E-state index contributed by atoms with van der Waals surface area (Å²) in [5.74, 6) is 1.30. The zero-order chi connectivity index (χ0) is 25.2. The lowest BCUT2D eigenvalue weighted by molar-refractivity contribution is 0.162. The largest absolute Gasteiger partial charge is 0.469 e. The standard InChI is InChI=1S/C33H30N2O2/c1-33(2,31-34-27(23-15-7-3-8-16-23)29(36-31)25-19-11-5-12-20-25)32-35-28(24-17-9-4-10-18-24)30(37-32)26-21-13-6-14-22-26/h3-22,27-30H,1-2H3/t27-,28?,29+,30?/m1/s1. The van der Waals surface area contributed by atoms with E-state index in [1.165, 1.54) is 0 Å². The van der Waals surface area contributed by atoms with Crippen molar-refractivity contribution < 1.29 is 9.47 Å². The van der Waals surface area contributed by atoms with Gasteiger partial charge in [0.1, 0.15) is 17.5 Å². The number of nitrogens with zero attached hydrogens (tertiary/aromatic N) is 2. The molecule has 6 rings (SSSR count). The molecule has 4 heteroatoms. The number of ether oxygens (including phenoxy) is 2. The fraction of sp³-hybridized carbons (Fsp3) is 0.212. The first-order valence-corrected chi connectivity index (χ1v) is 12.8. The lowest BCUT2D eigenvalue weighted by Crippen LogP contribution is -2.34. The van der Waals surface area contributed by atoms with E-state index < -0.39 is 5.41 Å². The summed E-state index contributed by atoms with van der Waals surface area (Å²) in [5, 5.41) is 0. The van der Waals surface area contributed by atoms with Gasteiger partial charge in [-0.2, -0.15) is 0 Å². The minimum absolute atomic E-state index is 0.144. The van der Waals surface area contributed by atoms with Gasteiger partial charge in [0.05, 0.1) is 0 Å². The summed E-state index contributed by atoms with van der Waals surface area (Å²) in [6.07, 6.45) is -0.426. The van der Waals surface area contributed by atoms with Crippen molar-refractivity contribution in [1.29, 1.82) is 0 Å².